The minimum atomic E-state index is 0.227. The molecule has 1 nitrogen and oxygen atoms in total. The van der Waals surface area contributed by atoms with Gasteiger partial charge in [0.1, 0.15) is 5.25 Å². The normalized spacial score (nSPS) is 35.0. The van der Waals surface area contributed by atoms with Crippen molar-refractivity contribution in [3.05, 3.63) is 0 Å². The maximum Gasteiger partial charge on any atom is 0.102 e. The fraction of sp³-hybridized carbons (Fsp3) is 0.500. The summed E-state index contributed by atoms with van der Waals surface area (Å²) in [6.07, 6.45) is 6.96. The molecule has 0 saturated heterocycles. The van der Waals surface area contributed by atoms with Gasteiger partial charge in [-0.1, -0.05) is 5.92 Å². The molecule has 0 saturated carbocycles. The molecule has 0 fully saturated rings. The Balaban J connectivity index is 2.49. The van der Waals surface area contributed by atoms with Crippen molar-refractivity contribution in [2.45, 2.75) is 17.5 Å². The summed E-state index contributed by atoms with van der Waals surface area (Å²) in [5, 5.41) is 0.598. The highest BCUT2D eigenvalue weighted by Gasteiger charge is 2.13. The lowest BCUT2D eigenvalue weighted by Gasteiger charge is -1.95. The number of hydrogen-bond acceptors (Lipinski definition) is 2. The minimum absolute atomic E-state index is 0.227. The Morgan fingerprint density at radius 3 is 2.88 bits per heavy atom. The maximum atomic E-state index is 5.13. The van der Waals surface area contributed by atoms with Crippen molar-refractivity contribution in [2.75, 3.05) is 0 Å². The van der Waals surface area contributed by atoms with Crippen molar-refractivity contribution < 1.29 is 0 Å². The predicted molar refractivity (Wildman–Crippen MR) is 38.2 cm³/mol. The molecule has 0 aliphatic carbocycles. The summed E-state index contributed by atoms with van der Waals surface area (Å²) in [6.45, 7) is 2.04. The molecule has 0 radical (unpaired) electrons. The first-order chi connectivity index (χ1) is 3.83. The minimum Gasteiger partial charge on any atom is -0.281 e. The Bertz CT molecular complexity index is 145. The van der Waals surface area contributed by atoms with Gasteiger partial charge in [0.05, 0.1) is 5.37 Å². The van der Waals surface area contributed by atoms with E-state index in [1.807, 2.05) is 13.1 Å². The monoisotopic (exact) mass is 125 g/mol. The van der Waals surface area contributed by atoms with E-state index in [0.29, 0.717) is 5.37 Å². The molecule has 2 atom stereocenters. The van der Waals surface area contributed by atoms with E-state index >= 15 is 0 Å². The molecule has 1 rings (SSSR count). The van der Waals surface area contributed by atoms with E-state index in [1.165, 1.54) is 0 Å². The summed E-state index contributed by atoms with van der Waals surface area (Å²) in [7, 11) is 0. The van der Waals surface area contributed by atoms with Gasteiger partial charge in [-0.2, -0.15) is 0 Å². The van der Waals surface area contributed by atoms with Crippen LogP contribution < -0.4 is 0 Å². The topological polar surface area (TPSA) is 12.4 Å². The summed E-state index contributed by atoms with van der Waals surface area (Å²) in [5.41, 5.74) is 0. The van der Waals surface area contributed by atoms with Gasteiger partial charge in [-0.25, -0.2) is 0 Å². The van der Waals surface area contributed by atoms with Crippen molar-refractivity contribution in [1.82, 2.24) is 0 Å². The van der Waals surface area contributed by atoms with E-state index in [1.54, 1.807) is 11.8 Å². The van der Waals surface area contributed by atoms with Crippen LogP contribution in [0.15, 0.2) is 4.99 Å². The summed E-state index contributed by atoms with van der Waals surface area (Å²) < 4.78 is 0. The molecule has 0 bridgehead atoms. The second kappa shape index (κ2) is 2.23. The molecule has 0 aromatic heterocycles. The first-order valence-corrected chi connectivity index (χ1v) is 3.42. The van der Waals surface area contributed by atoms with Crippen molar-refractivity contribution in [2.24, 2.45) is 4.99 Å². The van der Waals surface area contributed by atoms with Crippen LogP contribution in [0.5, 0.6) is 0 Å². The van der Waals surface area contributed by atoms with Gasteiger partial charge < -0.3 is 0 Å². The Labute approximate surface area is 53.6 Å². The van der Waals surface area contributed by atoms with Crippen LogP contribution in [0, 0.1) is 12.3 Å². The van der Waals surface area contributed by atoms with E-state index in [4.69, 9.17) is 6.42 Å². The van der Waals surface area contributed by atoms with Crippen LogP contribution in [0.4, 0.5) is 0 Å². The van der Waals surface area contributed by atoms with Gasteiger partial charge in [-0.05, 0) is 6.92 Å². The number of thioether (sulfide) groups is 1. The Kier molecular flexibility index (Phi) is 1.59. The van der Waals surface area contributed by atoms with Gasteiger partial charge in [0.25, 0.3) is 0 Å². The lowest BCUT2D eigenvalue weighted by Crippen LogP contribution is -1.93. The third-order valence-corrected chi connectivity index (χ3v) is 2.01. The van der Waals surface area contributed by atoms with Gasteiger partial charge in [0.15, 0.2) is 0 Å². The Morgan fingerprint density at radius 1 is 1.88 bits per heavy atom. The van der Waals surface area contributed by atoms with Crippen LogP contribution in [0.25, 0.3) is 0 Å². The lowest BCUT2D eigenvalue weighted by atomic mass is 10.5. The van der Waals surface area contributed by atoms with E-state index in [-0.39, 0.29) is 5.25 Å². The zero-order chi connectivity index (χ0) is 5.98. The highest BCUT2D eigenvalue weighted by Crippen LogP contribution is 2.22. The van der Waals surface area contributed by atoms with Gasteiger partial charge >= 0.3 is 0 Å². The van der Waals surface area contributed by atoms with Gasteiger partial charge in [0.2, 0.25) is 0 Å². The molecule has 0 amide bonds. The number of aliphatic imine (C=N–C) groups is 1. The number of nitrogens with zero attached hydrogens (tertiary/aromatic N) is 1. The van der Waals surface area contributed by atoms with Crippen LogP contribution in [0.2, 0.25) is 0 Å². The van der Waals surface area contributed by atoms with Crippen LogP contribution in [-0.2, 0) is 0 Å². The van der Waals surface area contributed by atoms with E-state index in [2.05, 4.69) is 10.9 Å². The van der Waals surface area contributed by atoms with Gasteiger partial charge in [-0.3, -0.25) is 4.99 Å². The molecule has 1 aliphatic heterocycles. The highest BCUT2D eigenvalue weighted by atomic mass is 32.2. The number of rotatable bonds is 0. The van der Waals surface area contributed by atoms with Crippen LogP contribution in [0.3, 0.4) is 0 Å². The highest BCUT2D eigenvalue weighted by molar-refractivity contribution is 8.01. The zero-order valence-corrected chi connectivity index (χ0v) is 5.48. The van der Waals surface area contributed by atoms with E-state index in [0.717, 1.165) is 0 Å². The Hall–Kier alpha value is -0.420. The summed E-state index contributed by atoms with van der Waals surface area (Å²) in [4.78, 5) is 4.08. The molecular weight excluding hydrogens is 118 g/mol. The van der Waals surface area contributed by atoms with E-state index in [9.17, 15) is 0 Å². The number of terminal acetylenes is 1. The number of hydrogen-bond donors (Lipinski definition) is 0. The average molecular weight is 125 g/mol. The smallest absolute Gasteiger partial charge is 0.102 e. The summed E-state index contributed by atoms with van der Waals surface area (Å²) >= 11 is 1.71. The van der Waals surface area contributed by atoms with Gasteiger partial charge in [0, 0.05) is 6.21 Å². The standard InChI is InChI=1S/C6H7NS/c1-3-6-4-7-5(2)8-6/h1,4-6H,2H3. The quantitative estimate of drug-likeness (QED) is 0.442. The molecule has 0 spiro atoms. The molecule has 1 aliphatic rings. The second-order valence-electron chi connectivity index (χ2n) is 1.62. The molecule has 2 unspecified atom stereocenters. The molecule has 42 valence electrons. The predicted octanol–water partition coefficient (Wildman–Crippen LogP) is 1.15. The zero-order valence-electron chi connectivity index (χ0n) is 4.66. The van der Waals surface area contributed by atoms with Gasteiger partial charge in [-0.15, -0.1) is 18.2 Å². The second-order valence-corrected chi connectivity index (χ2v) is 3.08. The Morgan fingerprint density at radius 2 is 2.62 bits per heavy atom. The third kappa shape index (κ3) is 1.05. The molecule has 0 aromatic rings. The SMILES string of the molecule is C#CC1C=NC(C)S1. The van der Waals surface area contributed by atoms with Crippen LogP contribution >= 0.6 is 11.8 Å². The lowest BCUT2D eigenvalue weighted by molar-refractivity contribution is 1.07. The average Bonchev–Trinajstić information content (AvgIpc) is 2.14. The fourth-order valence-corrected chi connectivity index (χ4v) is 1.35. The van der Waals surface area contributed by atoms with Crippen LogP contribution in [-0.4, -0.2) is 16.8 Å². The summed E-state index contributed by atoms with van der Waals surface area (Å²) in [6, 6.07) is 0. The molecule has 1 heterocycles. The van der Waals surface area contributed by atoms with Crippen LogP contribution in [0.1, 0.15) is 6.92 Å². The fourth-order valence-electron chi connectivity index (χ4n) is 0.564. The molecule has 0 N–H and O–H groups in total. The molecule has 8 heavy (non-hydrogen) atoms. The van der Waals surface area contributed by atoms with Crippen molar-refractivity contribution in [1.29, 1.82) is 0 Å². The maximum absolute atomic E-state index is 5.13. The summed E-state index contributed by atoms with van der Waals surface area (Å²) in [5.74, 6) is 2.61. The largest absolute Gasteiger partial charge is 0.281 e. The first-order valence-electron chi connectivity index (χ1n) is 2.48. The van der Waals surface area contributed by atoms with Crippen molar-refractivity contribution in [3.63, 3.8) is 0 Å². The first kappa shape index (κ1) is 5.71. The molecule has 0 aromatic carbocycles. The molecular formula is C6H7NS. The molecule has 2 heteroatoms. The van der Waals surface area contributed by atoms with Crippen molar-refractivity contribution >= 4 is 18.0 Å². The third-order valence-electron chi connectivity index (χ3n) is 0.939. The van der Waals surface area contributed by atoms with Crippen molar-refractivity contribution in [3.8, 4) is 12.3 Å². The van der Waals surface area contributed by atoms with E-state index < -0.39 is 0 Å².